The number of benzene rings is 1. The van der Waals surface area contributed by atoms with Crippen LogP contribution in [0.5, 0.6) is 0 Å². The highest BCUT2D eigenvalue weighted by molar-refractivity contribution is 6.21. The second-order valence-electron chi connectivity index (χ2n) is 6.70. The van der Waals surface area contributed by atoms with Crippen molar-refractivity contribution in [1.82, 2.24) is 19.6 Å². The number of carbonyl (C=O) groups excluding carboxylic acids is 2. The number of rotatable bonds is 2. The van der Waals surface area contributed by atoms with Gasteiger partial charge in [-0.3, -0.25) is 19.5 Å². The monoisotopic (exact) mass is 361 g/mol. The minimum atomic E-state index is -0.365. The average Bonchev–Trinajstić information content (AvgIpc) is 3.22. The Morgan fingerprint density at radius 1 is 0.926 bits per heavy atom. The van der Waals surface area contributed by atoms with Crippen molar-refractivity contribution >= 4 is 23.5 Å². The lowest BCUT2D eigenvalue weighted by Gasteiger charge is -2.14. The molecule has 5 rings (SSSR count). The molecule has 3 heterocycles. The summed E-state index contributed by atoms with van der Waals surface area (Å²) in [7, 11) is 0. The fourth-order valence-electron chi connectivity index (χ4n) is 3.74. The number of carbonyl (C=O) groups is 2. The van der Waals surface area contributed by atoms with Crippen molar-refractivity contribution in [2.24, 2.45) is 11.8 Å². The molecule has 0 radical (unpaired) electrons. The zero-order chi connectivity index (χ0) is 18.5. The highest BCUT2D eigenvalue weighted by Crippen LogP contribution is 2.36. The van der Waals surface area contributed by atoms with Gasteiger partial charge in [-0.2, -0.15) is 9.50 Å². The first-order chi connectivity index (χ1) is 13.1. The number of amides is 2. The number of hydrogen-bond acceptors (Lipinski definition) is 5. The number of imide groups is 1. The number of nitrogens with one attached hydrogen (secondary N) is 1. The molecule has 1 N–H and O–H groups in total. The summed E-state index contributed by atoms with van der Waals surface area (Å²) in [5, 5.41) is 2.75. The van der Waals surface area contributed by atoms with E-state index in [1.807, 2.05) is 42.5 Å². The molecule has 1 aliphatic heterocycles. The molecule has 3 aromatic rings. The number of aromatic nitrogens is 4. The first-order valence-corrected chi connectivity index (χ1v) is 8.71. The molecular weight excluding hydrogens is 346 g/mol. The van der Waals surface area contributed by atoms with Crippen molar-refractivity contribution in [2.75, 3.05) is 4.90 Å². The van der Waals surface area contributed by atoms with E-state index in [1.165, 1.54) is 6.07 Å². The van der Waals surface area contributed by atoms with Gasteiger partial charge in [-0.1, -0.05) is 42.5 Å². The molecule has 0 bridgehead atoms. The molecule has 8 heteroatoms. The lowest BCUT2D eigenvalue weighted by Crippen LogP contribution is -2.32. The molecule has 2 amide bonds. The maximum absolute atomic E-state index is 12.7. The summed E-state index contributed by atoms with van der Waals surface area (Å²) >= 11 is 0. The summed E-state index contributed by atoms with van der Waals surface area (Å²) in [4.78, 5) is 47.6. The summed E-state index contributed by atoms with van der Waals surface area (Å²) in [6.45, 7) is 0. The lowest BCUT2D eigenvalue weighted by atomic mass is 9.85. The average molecular weight is 361 g/mol. The summed E-state index contributed by atoms with van der Waals surface area (Å²) in [5.41, 5.74) is 0.901. The Morgan fingerprint density at radius 2 is 1.59 bits per heavy atom. The second-order valence-corrected chi connectivity index (χ2v) is 6.70. The Hall–Kier alpha value is -3.55. The Labute approximate surface area is 153 Å². The van der Waals surface area contributed by atoms with Crippen LogP contribution in [0, 0.1) is 11.8 Å². The van der Waals surface area contributed by atoms with Crippen LogP contribution < -0.4 is 10.5 Å². The van der Waals surface area contributed by atoms with Gasteiger partial charge in [-0.05, 0) is 12.8 Å². The van der Waals surface area contributed by atoms with Gasteiger partial charge < -0.3 is 0 Å². The molecule has 1 saturated heterocycles. The number of aromatic amines is 1. The third-order valence-electron chi connectivity index (χ3n) is 5.11. The predicted molar refractivity (Wildman–Crippen MR) is 96.9 cm³/mol. The Bertz CT molecular complexity index is 1140. The van der Waals surface area contributed by atoms with Crippen molar-refractivity contribution in [3.63, 3.8) is 0 Å². The number of anilines is 1. The zero-order valence-electron chi connectivity index (χ0n) is 14.2. The maximum atomic E-state index is 12.7. The number of fused-ring (bicyclic) bond motifs is 2. The fourth-order valence-corrected chi connectivity index (χ4v) is 3.74. The van der Waals surface area contributed by atoms with E-state index in [1.54, 1.807) is 0 Å². The third kappa shape index (κ3) is 2.33. The van der Waals surface area contributed by atoms with Crippen LogP contribution in [0.3, 0.4) is 0 Å². The van der Waals surface area contributed by atoms with Crippen molar-refractivity contribution in [2.45, 2.75) is 12.8 Å². The smallest absolute Gasteiger partial charge is 0.274 e. The molecular formula is C19H15N5O3. The minimum absolute atomic E-state index is 0.0363. The van der Waals surface area contributed by atoms with Crippen LogP contribution in [0.4, 0.5) is 5.95 Å². The molecule has 0 unspecified atom stereocenters. The number of H-pyrrole nitrogens is 1. The second kappa shape index (κ2) is 5.73. The molecule has 2 aliphatic rings. The van der Waals surface area contributed by atoms with E-state index >= 15 is 0 Å². The Morgan fingerprint density at radius 3 is 2.26 bits per heavy atom. The Kier molecular flexibility index (Phi) is 3.33. The molecule has 0 spiro atoms. The van der Waals surface area contributed by atoms with E-state index in [-0.39, 0.29) is 40.9 Å². The van der Waals surface area contributed by atoms with Crippen LogP contribution in [0.2, 0.25) is 0 Å². The quantitative estimate of drug-likeness (QED) is 0.551. The zero-order valence-corrected chi connectivity index (χ0v) is 14.2. The van der Waals surface area contributed by atoms with Crippen LogP contribution in [0.25, 0.3) is 17.0 Å². The molecule has 2 aromatic heterocycles. The Balaban J connectivity index is 1.59. The van der Waals surface area contributed by atoms with Gasteiger partial charge in [0.25, 0.3) is 11.3 Å². The molecule has 1 aliphatic carbocycles. The normalized spacial score (nSPS) is 21.9. The van der Waals surface area contributed by atoms with Crippen LogP contribution in [0.1, 0.15) is 12.8 Å². The van der Waals surface area contributed by atoms with Gasteiger partial charge in [-0.15, -0.1) is 0 Å². The standard InChI is InChI=1S/C19H15N5O3/c25-15-10-14(11-6-2-1-3-7-11)20-18-21-19(22-24(15)18)23-16(26)12-8-4-5-9-13(12)17(23)27/h1-7,10,12-13H,8-9H2,(H,20,21,22)/t12-,13+. The molecule has 1 fully saturated rings. The summed E-state index contributed by atoms with van der Waals surface area (Å²) in [6.07, 6.45) is 4.93. The van der Waals surface area contributed by atoms with E-state index in [0.717, 1.165) is 15.0 Å². The third-order valence-corrected chi connectivity index (χ3v) is 5.11. The predicted octanol–water partition coefficient (Wildman–Crippen LogP) is 1.54. The van der Waals surface area contributed by atoms with Crippen LogP contribution in [0.15, 0.2) is 53.3 Å². The lowest BCUT2D eigenvalue weighted by molar-refractivity contribution is -0.122. The van der Waals surface area contributed by atoms with Gasteiger partial charge >= 0.3 is 0 Å². The van der Waals surface area contributed by atoms with E-state index in [4.69, 9.17) is 0 Å². The first kappa shape index (κ1) is 15.7. The van der Waals surface area contributed by atoms with E-state index < -0.39 is 0 Å². The SMILES string of the molecule is O=C1[C@H]2CC=CC[C@H]2C(=O)N1c1nc2nc(-c3ccccc3)cc(=O)n2[nH]1. The minimum Gasteiger partial charge on any atom is -0.274 e. The number of nitrogens with zero attached hydrogens (tertiary/aromatic N) is 4. The van der Waals surface area contributed by atoms with Crippen molar-refractivity contribution in [3.05, 3.63) is 58.9 Å². The van der Waals surface area contributed by atoms with Crippen LogP contribution in [-0.2, 0) is 9.59 Å². The number of allylic oxidation sites excluding steroid dienone is 2. The van der Waals surface area contributed by atoms with Crippen molar-refractivity contribution in [3.8, 4) is 11.3 Å². The van der Waals surface area contributed by atoms with Crippen LogP contribution in [-0.4, -0.2) is 31.4 Å². The van der Waals surface area contributed by atoms with Gasteiger partial charge in [0.2, 0.25) is 17.8 Å². The largest absolute Gasteiger partial charge is 0.274 e. The first-order valence-electron chi connectivity index (χ1n) is 8.71. The highest BCUT2D eigenvalue weighted by atomic mass is 16.2. The molecule has 8 nitrogen and oxygen atoms in total. The highest BCUT2D eigenvalue weighted by Gasteiger charge is 2.49. The topological polar surface area (TPSA) is 100 Å². The number of hydrogen-bond donors (Lipinski definition) is 1. The fraction of sp³-hybridized carbons (Fsp3) is 0.211. The van der Waals surface area contributed by atoms with Crippen LogP contribution >= 0.6 is 0 Å². The molecule has 1 aromatic carbocycles. The van der Waals surface area contributed by atoms with E-state index in [2.05, 4.69) is 15.1 Å². The van der Waals surface area contributed by atoms with Gasteiger partial charge in [0, 0.05) is 11.6 Å². The van der Waals surface area contributed by atoms with E-state index in [9.17, 15) is 14.4 Å². The van der Waals surface area contributed by atoms with Gasteiger partial charge in [0.15, 0.2) is 0 Å². The van der Waals surface area contributed by atoms with Gasteiger partial charge in [0.1, 0.15) is 0 Å². The molecule has 27 heavy (non-hydrogen) atoms. The van der Waals surface area contributed by atoms with Crippen molar-refractivity contribution in [1.29, 1.82) is 0 Å². The van der Waals surface area contributed by atoms with Gasteiger partial charge in [0.05, 0.1) is 17.5 Å². The maximum Gasteiger partial charge on any atom is 0.274 e. The summed E-state index contributed by atoms with van der Waals surface area (Å²) in [6, 6.07) is 10.7. The summed E-state index contributed by atoms with van der Waals surface area (Å²) < 4.78 is 1.14. The van der Waals surface area contributed by atoms with Gasteiger partial charge in [-0.25, -0.2) is 9.88 Å². The van der Waals surface area contributed by atoms with Crippen molar-refractivity contribution < 1.29 is 9.59 Å². The summed E-state index contributed by atoms with van der Waals surface area (Å²) in [5.74, 6) is -1.14. The molecule has 2 atom stereocenters. The van der Waals surface area contributed by atoms with E-state index in [0.29, 0.717) is 18.5 Å². The molecule has 0 saturated carbocycles. The molecule has 134 valence electrons.